The zero-order chi connectivity index (χ0) is 83.5. The first kappa shape index (κ1) is 54.6. The lowest BCUT2D eigenvalue weighted by atomic mass is 10.1. The molecule has 0 amide bonds. The molecule has 12 heterocycles. The highest BCUT2D eigenvalue weighted by Gasteiger charge is 2.42. The van der Waals surface area contributed by atoms with Gasteiger partial charge in [-0.1, -0.05) is 121 Å². The Bertz CT molecular complexity index is 6230. The molecule has 8 aromatic heterocycles. The van der Waals surface area contributed by atoms with Gasteiger partial charge in [-0.25, -0.2) is 19.9 Å². The van der Waals surface area contributed by atoms with E-state index in [1.165, 1.54) is 18.7 Å². The highest BCUT2D eigenvalue weighted by Crippen LogP contribution is 2.53. The van der Waals surface area contributed by atoms with E-state index in [9.17, 15) is 0 Å². The number of aryl methyl sites for hydroxylation is 4. The lowest BCUT2D eigenvalue weighted by Crippen LogP contribution is -2.42. The van der Waals surface area contributed by atoms with Gasteiger partial charge in [-0.2, -0.15) is 0 Å². The molecule has 4 aliphatic rings. The number of benzene rings is 8. The van der Waals surface area contributed by atoms with E-state index in [4.69, 9.17) is 34.1 Å². The van der Waals surface area contributed by atoms with Crippen LogP contribution in [-0.2, 0) is 0 Å². The Kier molecular flexibility index (Phi) is 13.5. The van der Waals surface area contributed by atoms with E-state index in [0.29, 0.717) is 23.1 Å². The monoisotopic (exact) mass is 1410 g/mol. The highest BCUT2D eigenvalue weighted by atomic mass is 16.3. The molecular weight excluding hydrogens is 1310 g/mol. The molecule has 0 bridgehead atoms. The Balaban J connectivity index is 0.000000113. The number of para-hydroxylation sites is 4. The third kappa shape index (κ3) is 10.6. The molecule has 4 aliphatic heterocycles. The molecule has 0 saturated heterocycles. The molecule has 0 fully saturated rings. The fourth-order valence-corrected chi connectivity index (χ4v) is 16.4. The van der Waals surface area contributed by atoms with Crippen LogP contribution in [0.1, 0.15) is 108 Å². The summed E-state index contributed by atoms with van der Waals surface area (Å²) in [6, 6.07) is 59.1. The van der Waals surface area contributed by atoms with Crippen LogP contribution in [0.3, 0.4) is 0 Å². The van der Waals surface area contributed by atoms with Gasteiger partial charge in [-0.05, 0) is 192 Å². The van der Waals surface area contributed by atoms with Crippen molar-refractivity contribution in [3.8, 4) is 0 Å². The fourth-order valence-electron chi connectivity index (χ4n) is 16.4. The van der Waals surface area contributed by atoms with Crippen LogP contribution in [0.2, 0.25) is 0 Å². The lowest BCUT2D eigenvalue weighted by molar-refractivity contribution is 0.598. The molecule has 6 unspecified atom stereocenters. The molecule has 16 aromatic rings. The van der Waals surface area contributed by atoms with E-state index in [1.54, 1.807) is 40.7 Å². The van der Waals surface area contributed by atoms with Crippen molar-refractivity contribution in [2.45, 2.75) is 140 Å². The van der Waals surface area contributed by atoms with Gasteiger partial charge in [0.2, 0.25) is 0 Å². The lowest BCUT2D eigenvalue weighted by Gasteiger charge is -2.33. The SMILES string of the molecule is [2H]C(C)(C)N1c2ncccc2N(c2c(C)ccc3c2oc2ccccc23)C1C.[2H]C([2H])([2H])C([2H])(C)N1c2cccnc2N(c2c(C)ccc3c2oc2ccccc23)C1C.[2H]C([2H])([2H])C([2H])(C)N1c2ncccc2N(c2c(C)ccc3c2oc2ccccc23)C1C.[2H]C([2H])([2H])N1c2ncccc2N(c2c(C)ccc3c2oc2ccccc23)C1C. The number of aromatic nitrogens is 4. The average Bonchev–Trinajstić information content (AvgIpc) is 1.57. The zero-order valence-corrected chi connectivity index (χ0v) is 61.1. The van der Waals surface area contributed by atoms with Crippen molar-refractivity contribution in [2.75, 3.05) is 46.2 Å². The van der Waals surface area contributed by atoms with Crippen molar-refractivity contribution in [1.29, 1.82) is 0 Å². The van der Waals surface area contributed by atoms with Crippen molar-refractivity contribution in [1.82, 2.24) is 19.9 Å². The Labute approximate surface area is 634 Å². The number of pyridine rings is 4. The summed E-state index contributed by atoms with van der Waals surface area (Å²) < 4.78 is 123. The van der Waals surface area contributed by atoms with Crippen LogP contribution in [0.25, 0.3) is 87.8 Å². The maximum Gasteiger partial charge on any atom is 0.159 e. The molecule has 16 nitrogen and oxygen atoms in total. The number of anilines is 12. The number of rotatable bonds is 7. The van der Waals surface area contributed by atoms with E-state index in [-0.39, 0.29) is 6.17 Å². The van der Waals surface area contributed by atoms with Crippen LogP contribution < -0.4 is 39.2 Å². The zero-order valence-electron chi connectivity index (χ0n) is 73.1. The summed E-state index contributed by atoms with van der Waals surface area (Å²) in [5.41, 5.74) is 17.3. The van der Waals surface area contributed by atoms with Gasteiger partial charge in [-0.3, -0.25) is 0 Å². The van der Waals surface area contributed by atoms with Gasteiger partial charge >= 0.3 is 0 Å². The van der Waals surface area contributed by atoms with Gasteiger partial charge in [0.05, 0.1) is 49.6 Å². The van der Waals surface area contributed by atoms with Crippen molar-refractivity contribution in [2.24, 2.45) is 0 Å². The van der Waals surface area contributed by atoms with Crippen molar-refractivity contribution in [3.63, 3.8) is 0 Å². The average molecular weight is 1410 g/mol. The van der Waals surface area contributed by atoms with Gasteiger partial charge in [0.1, 0.15) is 47.0 Å². The minimum absolute atomic E-state index is 0.0603. The van der Waals surface area contributed by atoms with Gasteiger partial charge in [-0.15, -0.1) is 0 Å². The summed E-state index contributed by atoms with van der Waals surface area (Å²) in [5.74, 6) is 2.40. The number of fused-ring (bicyclic) bond motifs is 16. The van der Waals surface area contributed by atoms with Gasteiger partial charge in [0.25, 0.3) is 0 Å². The maximum atomic E-state index is 8.78. The second kappa shape index (κ2) is 26.3. The number of hydrogen-bond donors (Lipinski definition) is 0. The summed E-state index contributed by atoms with van der Waals surface area (Å²) in [5, 5.41) is 8.33. The van der Waals surface area contributed by atoms with Gasteiger partial charge < -0.3 is 56.9 Å². The summed E-state index contributed by atoms with van der Waals surface area (Å²) >= 11 is 0. The van der Waals surface area contributed by atoms with E-state index in [2.05, 4.69) is 98.2 Å². The molecule has 0 radical (unpaired) electrons. The third-order valence-corrected chi connectivity index (χ3v) is 21.1. The molecule has 532 valence electrons. The molecule has 0 aliphatic carbocycles. The largest absolute Gasteiger partial charge is 0.454 e. The molecule has 106 heavy (non-hydrogen) atoms. The standard InChI is InChI=1S/3C23H23N3O.C21H19N3O/c2*1-14(2)25-16(4)26(19-9-7-13-24-23(19)25)21-15(3)11-12-18-17-8-5-6-10-20(17)27-22(18)21;1-14(2)25-16(4)26(23-19(25)9-7-13-24-23)21-15(3)11-12-18-17-8-5-6-10-20(17)27-22(18)21;1-13-10-11-16-15-7-4-5-9-18(15)25-20(16)19(13)24-14(2)23(3)21-17(24)8-6-12-22-21/h3*5-14,16H,1-4H3;4-12,14H,1-3H3/i1D3,14D;14D;1D3,14D;3D3. The summed E-state index contributed by atoms with van der Waals surface area (Å²) in [4.78, 5) is 33.1. The first-order chi connectivity index (χ1) is 56.0. The Hall–Kier alpha value is -12.0. The molecule has 8 aromatic carbocycles. The van der Waals surface area contributed by atoms with Gasteiger partial charge in [0, 0.05) is 105 Å². The Morgan fingerprint density at radius 1 is 0.311 bits per heavy atom. The van der Waals surface area contributed by atoms with Crippen LogP contribution in [0.15, 0.2) is 237 Å². The van der Waals surface area contributed by atoms with E-state index >= 15 is 0 Å². The van der Waals surface area contributed by atoms with E-state index < -0.39 is 57.2 Å². The highest BCUT2D eigenvalue weighted by molar-refractivity contribution is 6.14. The molecule has 0 saturated carbocycles. The predicted octanol–water partition coefficient (Wildman–Crippen LogP) is 23.2. The van der Waals surface area contributed by atoms with Crippen molar-refractivity contribution < 1.29 is 34.1 Å². The quantitative estimate of drug-likeness (QED) is 0.150. The van der Waals surface area contributed by atoms with E-state index in [1.807, 2.05) is 204 Å². The van der Waals surface area contributed by atoms with E-state index in [0.717, 1.165) is 156 Å². The molecule has 20 rings (SSSR count). The first-order valence-electron chi connectivity index (χ1n) is 41.8. The predicted molar refractivity (Wildman–Crippen MR) is 438 cm³/mol. The minimum atomic E-state index is -2.52. The van der Waals surface area contributed by atoms with Crippen LogP contribution in [0.5, 0.6) is 0 Å². The summed E-state index contributed by atoms with van der Waals surface area (Å²) in [6.07, 6.45) is 5.34. The third-order valence-electron chi connectivity index (χ3n) is 21.1. The van der Waals surface area contributed by atoms with Crippen molar-refractivity contribution in [3.05, 3.63) is 241 Å². The molecule has 0 N–H and O–H groups in total. The summed E-state index contributed by atoms with van der Waals surface area (Å²) in [6.45, 7) is 15.3. The number of hydrogen-bond acceptors (Lipinski definition) is 16. The van der Waals surface area contributed by atoms with Crippen LogP contribution in [0.4, 0.5) is 68.8 Å². The van der Waals surface area contributed by atoms with Crippen molar-refractivity contribution >= 4 is 157 Å². The second-order valence-corrected chi connectivity index (χ2v) is 27.8. The first-order valence-corrected chi connectivity index (χ1v) is 35.8. The van der Waals surface area contributed by atoms with Gasteiger partial charge in [0.15, 0.2) is 45.6 Å². The Morgan fingerprint density at radius 2 is 0.613 bits per heavy atom. The number of nitrogens with zero attached hydrogens (tertiary/aromatic N) is 12. The minimum Gasteiger partial charge on any atom is -0.454 e. The molecule has 16 heteroatoms. The van der Waals surface area contributed by atoms with Crippen LogP contribution >= 0.6 is 0 Å². The Morgan fingerprint density at radius 3 is 0.981 bits per heavy atom. The second-order valence-electron chi connectivity index (χ2n) is 27.8. The number of furan rings is 4. The topological polar surface area (TPSA) is 130 Å². The maximum absolute atomic E-state index is 8.78. The molecule has 0 spiro atoms. The summed E-state index contributed by atoms with van der Waals surface area (Å²) in [7, 11) is 0. The smallest absolute Gasteiger partial charge is 0.159 e. The molecule has 6 atom stereocenters. The van der Waals surface area contributed by atoms with Crippen LogP contribution in [0, 0.1) is 27.7 Å². The van der Waals surface area contributed by atoms with Crippen LogP contribution in [-0.4, -0.2) is 69.6 Å². The molecular formula is C90H88N12O4. The normalized spacial score (nSPS) is 20.0. The fraction of sp³-hybridized carbons (Fsp3) is 0.244.